The van der Waals surface area contributed by atoms with Gasteiger partial charge in [-0.15, -0.1) is 13.2 Å². The Bertz CT molecular complexity index is 1350. The van der Waals surface area contributed by atoms with Crippen molar-refractivity contribution in [1.82, 2.24) is 14.4 Å². The smallest absolute Gasteiger partial charge is 0.409 e. The van der Waals surface area contributed by atoms with E-state index >= 15 is 0 Å². The topological polar surface area (TPSA) is 38.7 Å². The van der Waals surface area contributed by atoms with E-state index in [9.17, 15) is 17.6 Å². The molecule has 3 aromatic carbocycles. The Labute approximate surface area is 223 Å². The Balaban J connectivity index is 0.00000320. The van der Waals surface area contributed by atoms with Gasteiger partial charge in [0.05, 0.1) is 0 Å². The number of alkyl halides is 3. The molecular weight excluding hydrogens is 526 g/mol. The van der Waals surface area contributed by atoms with E-state index in [4.69, 9.17) is 4.18 Å². The molecule has 1 aliphatic rings. The van der Waals surface area contributed by atoms with Gasteiger partial charge in [-0.05, 0) is 74.2 Å². The van der Waals surface area contributed by atoms with Gasteiger partial charge in [-0.3, -0.25) is 0 Å². The Morgan fingerprint density at radius 3 is 2.41 bits per heavy atom. The molecule has 5 nitrogen and oxygen atoms in total. The quantitative estimate of drug-likeness (QED) is 0.111. The number of hydrogen-bond acceptors (Lipinski definition) is 5. The molecule has 1 heterocycles. The number of benzene rings is 3. The van der Waals surface area contributed by atoms with Gasteiger partial charge in [-0.1, -0.05) is 18.2 Å². The molecule has 11 heteroatoms. The van der Waals surface area contributed by atoms with Gasteiger partial charge in [0.25, 0.3) is 0 Å². The van der Waals surface area contributed by atoms with Gasteiger partial charge >= 0.3 is 6.36 Å². The second-order valence-corrected chi connectivity index (χ2v) is 9.73. The van der Waals surface area contributed by atoms with E-state index in [2.05, 4.69) is 20.8 Å². The summed E-state index contributed by atoms with van der Waals surface area (Å²) in [5.41, 5.74) is 5.59. The maximum atomic E-state index is 14.0. The number of hydrogen-bond donors (Lipinski definition) is 1. The van der Waals surface area contributed by atoms with Crippen molar-refractivity contribution < 1.29 is 26.5 Å². The van der Waals surface area contributed by atoms with Gasteiger partial charge in [0.1, 0.15) is 17.3 Å². The molecular formula is C26H27F4N3O2S2. The van der Waals surface area contributed by atoms with Gasteiger partial charge in [-0.25, -0.2) is 9.82 Å². The average molecular weight is 554 g/mol. The zero-order valence-electron chi connectivity index (χ0n) is 20.0. The number of nitrogens with one attached hydrogen (secondary N) is 1. The van der Waals surface area contributed by atoms with Crippen LogP contribution in [-0.4, -0.2) is 28.4 Å². The summed E-state index contributed by atoms with van der Waals surface area (Å²) >= 11 is 1.06. The summed E-state index contributed by atoms with van der Waals surface area (Å²) in [6.07, 6.45) is -0.773. The molecule has 1 fully saturated rings. The third-order valence-corrected chi connectivity index (χ3v) is 6.95. The summed E-state index contributed by atoms with van der Waals surface area (Å²) in [5.74, 6) is -0.135. The summed E-state index contributed by atoms with van der Waals surface area (Å²) in [6.45, 7) is 0. The first-order valence-electron chi connectivity index (χ1n) is 11.7. The number of fused-ring (bicyclic) bond motifs is 3. The average Bonchev–Trinajstić information content (AvgIpc) is 3.16. The van der Waals surface area contributed by atoms with E-state index in [1.807, 2.05) is 31.3 Å². The number of halogens is 4. The predicted molar refractivity (Wildman–Crippen MR) is 143 cm³/mol. The Morgan fingerprint density at radius 1 is 0.946 bits per heavy atom. The fraction of sp³-hybridized carbons (Fsp3) is 0.308. The Kier molecular flexibility index (Phi) is 8.47. The van der Waals surface area contributed by atoms with Crippen LogP contribution in [0.5, 0.6) is 11.5 Å². The first-order chi connectivity index (χ1) is 17.3. The van der Waals surface area contributed by atoms with Crippen LogP contribution in [0.15, 0.2) is 66.7 Å². The normalized spacial score (nSPS) is 18.2. The molecule has 1 aromatic heterocycles. The molecule has 0 bridgehead atoms. The van der Waals surface area contributed by atoms with Crippen LogP contribution in [-0.2, 0) is 0 Å². The van der Waals surface area contributed by atoms with E-state index in [1.165, 1.54) is 30.3 Å². The lowest BCUT2D eigenvalue weighted by atomic mass is 9.91. The molecule has 1 N–H and O–H groups in total. The molecule has 198 valence electrons. The van der Waals surface area contributed by atoms with E-state index in [-0.39, 0.29) is 37.1 Å². The lowest BCUT2D eigenvalue weighted by Crippen LogP contribution is -2.41. The zero-order valence-corrected chi connectivity index (χ0v) is 21.8. The monoisotopic (exact) mass is 553 g/mol. The van der Waals surface area contributed by atoms with Crippen LogP contribution < -0.4 is 14.3 Å². The lowest BCUT2D eigenvalue weighted by Gasteiger charge is -2.33. The standard InChI is InChI=1S/C26H25F4N3O2S.H2S/c1-32(36-35-21-12-10-20(11-13-21)34-26(28,29)30)31-18-5-4-6-19(16-18)33-24-8-3-2-7-22(24)23-15-17(27)9-14-25(23)33;/h2-3,7-15,18-19,31H,4-6,16H2,1H3;1H2. The molecule has 0 spiro atoms. The number of ether oxygens (including phenoxy) is 1. The molecule has 1 saturated carbocycles. The second-order valence-electron chi connectivity index (χ2n) is 8.87. The Hall–Kier alpha value is -2.60. The summed E-state index contributed by atoms with van der Waals surface area (Å²) in [4.78, 5) is 0. The molecule has 0 aliphatic heterocycles. The van der Waals surface area contributed by atoms with Crippen molar-refractivity contribution in [2.45, 2.75) is 44.1 Å². The van der Waals surface area contributed by atoms with Crippen LogP contribution in [0.2, 0.25) is 0 Å². The molecule has 5 rings (SSSR count). The minimum atomic E-state index is -4.73. The number of para-hydroxylation sites is 1. The van der Waals surface area contributed by atoms with Crippen LogP contribution in [0.25, 0.3) is 21.8 Å². The van der Waals surface area contributed by atoms with E-state index in [0.29, 0.717) is 5.75 Å². The van der Waals surface area contributed by atoms with Gasteiger partial charge in [0.15, 0.2) is 12.2 Å². The molecule has 2 atom stereocenters. The minimum Gasteiger partial charge on any atom is -0.409 e. The van der Waals surface area contributed by atoms with Gasteiger partial charge in [0, 0.05) is 40.9 Å². The second kappa shape index (κ2) is 11.4. The predicted octanol–water partition coefficient (Wildman–Crippen LogP) is 7.51. The highest BCUT2D eigenvalue weighted by Gasteiger charge is 2.31. The SMILES string of the molecule is CN(NC1CCCC(n2c3ccccc3c3cc(F)ccc32)C1)SOc1ccc(OC(F)(F)F)cc1.S. The van der Waals surface area contributed by atoms with E-state index < -0.39 is 6.36 Å². The molecule has 4 aromatic rings. The number of nitrogens with zero attached hydrogens (tertiary/aromatic N) is 2. The minimum absolute atomic E-state index is 0. The fourth-order valence-corrected chi connectivity index (χ4v) is 5.46. The van der Waals surface area contributed by atoms with Gasteiger partial charge < -0.3 is 13.5 Å². The van der Waals surface area contributed by atoms with Crippen molar-refractivity contribution in [2.24, 2.45) is 0 Å². The lowest BCUT2D eigenvalue weighted by molar-refractivity contribution is -0.274. The summed E-state index contributed by atoms with van der Waals surface area (Å²) in [7, 11) is 1.83. The van der Waals surface area contributed by atoms with Gasteiger partial charge in [-0.2, -0.15) is 17.9 Å². The molecule has 37 heavy (non-hydrogen) atoms. The van der Waals surface area contributed by atoms with Gasteiger partial charge in [0.2, 0.25) is 0 Å². The highest BCUT2D eigenvalue weighted by atomic mass is 32.2. The maximum absolute atomic E-state index is 14.0. The van der Waals surface area contributed by atoms with E-state index in [1.54, 1.807) is 10.5 Å². The fourth-order valence-electron chi connectivity index (χ4n) is 4.96. The van der Waals surface area contributed by atoms with Crippen LogP contribution >= 0.6 is 25.7 Å². The van der Waals surface area contributed by atoms with Crippen molar-refractivity contribution in [1.29, 1.82) is 0 Å². The van der Waals surface area contributed by atoms with Crippen molar-refractivity contribution in [3.05, 3.63) is 72.5 Å². The first-order valence-corrected chi connectivity index (χ1v) is 12.4. The highest BCUT2D eigenvalue weighted by molar-refractivity contribution is 7.92. The third-order valence-electron chi connectivity index (χ3n) is 6.35. The van der Waals surface area contributed by atoms with Crippen LogP contribution in [0, 0.1) is 5.82 Å². The third kappa shape index (κ3) is 6.46. The number of aromatic nitrogens is 1. The van der Waals surface area contributed by atoms with Crippen molar-refractivity contribution in [3.8, 4) is 11.5 Å². The maximum Gasteiger partial charge on any atom is 0.573 e. The zero-order chi connectivity index (χ0) is 25.3. The van der Waals surface area contributed by atoms with Crippen molar-refractivity contribution in [3.63, 3.8) is 0 Å². The highest BCUT2D eigenvalue weighted by Crippen LogP contribution is 2.38. The molecule has 0 saturated heterocycles. The summed E-state index contributed by atoms with van der Waals surface area (Å²) in [6, 6.07) is 18.8. The number of rotatable bonds is 7. The Morgan fingerprint density at radius 2 is 1.65 bits per heavy atom. The molecule has 2 unspecified atom stereocenters. The van der Waals surface area contributed by atoms with Crippen LogP contribution in [0.1, 0.15) is 31.7 Å². The van der Waals surface area contributed by atoms with Crippen LogP contribution in [0.3, 0.4) is 0 Å². The summed E-state index contributed by atoms with van der Waals surface area (Å²) in [5, 5.41) is 1.98. The molecule has 0 radical (unpaired) electrons. The first kappa shape index (κ1) is 27.4. The van der Waals surface area contributed by atoms with Crippen molar-refractivity contribution >= 4 is 47.5 Å². The van der Waals surface area contributed by atoms with E-state index in [0.717, 1.165) is 59.7 Å². The van der Waals surface area contributed by atoms with Crippen molar-refractivity contribution in [2.75, 3.05) is 7.05 Å². The largest absolute Gasteiger partial charge is 0.573 e. The summed E-state index contributed by atoms with van der Waals surface area (Å²) < 4.78 is 64.6. The molecule has 1 aliphatic carbocycles. The van der Waals surface area contributed by atoms with Crippen LogP contribution in [0.4, 0.5) is 17.6 Å². The molecule has 0 amide bonds. The number of hydrazine groups is 1.